The van der Waals surface area contributed by atoms with Crippen molar-refractivity contribution >= 4 is 63.2 Å². The van der Waals surface area contributed by atoms with Crippen molar-refractivity contribution in [2.45, 2.75) is 20.8 Å². The number of hydrazone groups is 1. The van der Waals surface area contributed by atoms with Gasteiger partial charge in [-0.2, -0.15) is 5.10 Å². The molecule has 0 spiro atoms. The van der Waals surface area contributed by atoms with Gasteiger partial charge in [0.05, 0.1) is 5.69 Å². The number of carbonyl (C=O) groups excluding carboxylic acids is 5. The molecule has 176 valence electrons. The van der Waals surface area contributed by atoms with Gasteiger partial charge in [0, 0.05) is 27.4 Å². The predicted molar refractivity (Wildman–Crippen MR) is 129 cm³/mol. The van der Waals surface area contributed by atoms with Crippen molar-refractivity contribution in [3.05, 3.63) is 58.6 Å². The van der Waals surface area contributed by atoms with Crippen molar-refractivity contribution < 1.29 is 24.0 Å². The van der Waals surface area contributed by atoms with Crippen molar-refractivity contribution in [2.75, 3.05) is 10.2 Å². The van der Waals surface area contributed by atoms with Gasteiger partial charge >= 0.3 is 6.03 Å². The first-order chi connectivity index (χ1) is 16.0. The SMILES string of the molecule is CC(C)(C)C(=O)Nc1ccc(C(=O)N/N=C\[C@@H]2C(=O)NC(=O)N(c3ccc(Br)cc3)C2=O)cc1. The van der Waals surface area contributed by atoms with Crippen LogP contribution < -0.4 is 21.0 Å². The number of halogens is 1. The number of benzene rings is 2. The van der Waals surface area contributed by atoms with Crippen LogP contribution in [0.25, 0.3) is 0 Å². The van der Waals surface area contributed by atoms with Crippen molar-refractivity contribution in [2.24, 2.45) is 16.4 Å². The van der Waals surface area contributed by atoms with Crippen molar-refractivity contribution in [1.82, 2.24) is 10.7 Å². The van der Waals surface area contributed by atoms with Gasteiger partial charge in [-0.25, -0.2) is 15.1 Å². The molecule has 0 bridgehead atoms. The lowest BCUT2D eigenvalue weighted by Gasteiger charge is -2.28. The second kappa shape index (κ2) is 9.96. The number of imide groups is 2. The molecule has 3 rings (SSSR count). The summed E-state index contributed by atoms with van der Waals surface area (Å²) >= 11 is 3.27. The molecule has 0 aromatic heterocycles. The summed E-state index contributed by atoms with van der Waals surface area (Å²) in [6.45, 7) is 5.36. The predicted octanol–water partition coefficient (Wildman–Crippen LogP) is 3.05. The smallest absolute Gasteiger partial charge is 0.326 e. The number of hydrogen-bond acceptors (Lipinski definition) is 6. The first-order valence-electron chi connectivity index (χ1n) is 10.2. The van der Waals surface area contributed by atoms with E-state index in [0.29, 0.717) is 5.69 Å². The van der Waals surface area contributed by atoms with Crippen LogP contribution in [-0.4, -0.2) is 35.9 Å². The van der Waals surface area contributed by atoms with Crippen LogP contribution >= 0.6 is 15.9 Å². The minimum atomic E-state index is -1.41. The molecule has 2 aromatic rings. The maximum atomic E-state index is 12.8. The lowest BCUT2D eigenvalue weighted by atomic mass is 9.95. The number of carbonyl (C=O) groups is 5. The summed E-state index contributed by atoms with van der Waals surface area (Å²) < 4.78 is 0.752. The van der Waals surface area contributed by atoms with Gasteiger partial charge < -0.3 is 5.32 Å². The molecule has 1 heterocycles. The highest BCUT2D eigenvalue weighted by Crippen LogP contribution is 2.22. The van der Waals surface area contributed by atoms with Crippen LogP contribution in [0.3, 0.4) is 0 Å². The first kappa shape index (κ1) is 24.8. The fourth-order valence-electron chi connectivity index (χ4n) is 2.81. The molecule has 2 aromatic carbocycles. The van der Waals surface area contributed by atoms with Gasteiger partial charge in [0.25, 0.3) is 11.8 Å². The van der Waals surface area contributed by atoms with Crippen LogP contribution in [-0.2, 0) is 14.4 Å². The van der Waals surface area contributed by atoms with E-state index in [1.165, 1.54) is 12.1 Å². The Morgan fingerprint density at radius 1 is 1.03 bits per heavy atom. The van der Waals surface area contributed by atoms with Crippen molar-refractivity contribution in [1.29, 1.82) is 0 Å². The zero-order valence-electron chi connectivity index (χ0n) is 18.6. The molecule has 1 atom stereocenters. The maximum Gasteiger partial charge on any atom is 0.335 e. The van der Waals surface area contributed by atoms with Gasteiger partial charge in [-0.15, -0.1) is 0 Å². The summed E-state index contributed by atoms with van der Waals surface area (Å²) in [6.07, 6.45) is 0.964. The molecule has 11 heteroatoms. The third-order valence-electron chi connectivity index (χ3n) is 4.76. The number of amides is 6. The second-order valence-electron chi connectivity index (χ2n) is 8.42. The van der Waals surface area contributed by atoms with E-state index in [9.17, 15) is 24.0 Å². The molecule has 10 nitrogen and oxygen atoms in total. The minimum Gasteiger partial charge on any atom is -0.326 e. The Morgan fingerprint density at radius 3 is 2.24 bits per heavy atom. The first-order valence-corrected chi connectivity index (χ1v) is 11.0. The molecule has 1 aliphatic heterocycles. The van der Waals surface area contributed by atoms with Gasteiger partial charge in [0.2, 0.25) is 11.8 Å². The van der Waals surface area contributed by atoms with E-state index in [0.717, 1.165) is 15.6 Å². The summed E-state index contributed by atoms with van der Waals surface area (Å²) in [5.41, 5.74) is 2.74. The Balaban J connectivity index is 1.65. The number of hydrogen-bond donors (Lipinski definition) is 3. The minimum absolute atomic E-state index is 0.166. The summed E-state index contributed by atoms with van der Waals surface area (Å²) in [4.78, 5) is 62.3. The molecule has 0 unspecified atom stereocenters. The zero-order chi connectivity index (χ0) is 25.0. The van der Waals surface area contributed by atoms with E-state index in [-0.39, 0.29) is 17.2 Å². The van der Waals surface area contributed by atoms with Crippen LogP contribution in [0.15, 0.2) is 58.1 Å². The molecule has 0 radical (unpaired) electrons. The summed E-state index contributed by atoms with van der Waals surface area (Å²) in [7, 11) is 0. The van der Waals surface area contributed by atoms with E-state index < -0.39 is 35.1 Å². The number of urea groups is 1. The van der Waals surface area contributed by atoms with Gasteiger partial charge in [-0.1, -0.05) is 36.7 Å². The Morgan fingerprint density at radius 2 is 1.65 bits per heavy atom. The van der Waals surface area contributed by atoms with Crippen LogP contribution in [0.2, 0.25) is 0 Å². The Kier molecular flexibility index (Phi) is 7.26. The van der Waals surface area contributed by atoms with E-state index >= 15 is 0 Å². The monoisotopic (exact) mass is 527 g/mol. The highest BCUT2D eigenvalue weighted by molar-refractivity contribution is 9.10. The quantitative estimate of drug-likeness (QED) is 0.311. The highest BCUT2D eigenvalue weighted by atomic mass is 79.9. The Labute approximate surface area is 203 Å². The topological polar surface area (TPSA) is 137 Å². The highest BCUT2D eigenvalue weighted by Gasteiger charge is 2.40. The van der Waals surface area contributed by atoms with Gasteiger partial charge in [-0.05, 0) is 48.5 Å². The molecule has 6 amide bonds. The molecular weight excluding hydrogens is 506 g/mol. The third-order valence-corrected chi connectivity index (χ3v) is 5.29. The fourth-order valence-corrected chi connectivity index (χ4v) is 3.08. The van der Waals surface area contributed by atoms with Crippen LogP contribution in [0.1, 0.15) is 31.1 Å². The van der Waals surface area contributed by atoms with Crippen LogP contribution in [0.4, 0.5) is 16.2 Å². The number of rotatable bonds is 5. The zero-order valence-corrected chi connectivity index (χ0v) is 20.2. The molecule has 1 aliphatic rings. The Hall–Kier alpha value is -3.86. The van der Waals surface area contributed by atoms with E-state index in [1.807, 2.05) is 0 Å². The summed E-state index contributed by atoms with van der Waals surface area (Å²) in [5, 5.41) is 8.57. The third kappa shape index (κ3) is 5.73. The van der Waals surface area contributed by atoms with E-state index in [1.54, 1.807) is 57.2 Å². The number of nitrogens with zero attached hydrogens (tertiary/aromatic N) is 2. The Bertz CT molecular complexity index is 1170. The normalized spacial score (nSPS) is 16.4. The van der Waals surface area contributed by atoms with E-state index in [2.05, 4.69) is 37.1 Å². The lowest BCUT2D eigenvalue weighted by Crippen LogP contribution is -2.58. The van der Waals surface area contributed by atoms with Crippen LogP contribution in [0, 0.1) is 11.3 Å². The average molecular weight is 528 g/mol. The van der Waals surface area contributed by atoms with Crippen molar-refractivity contribution in [3.63, 3.8) is 0 Å². The average Bonchev–Trinajstić information content (AvgIpc) is 2.77. The standard InChI is InChI=1S/C23H22BrN5O5/c1-23(2,3)21(33)26-15-8-4-13(5-9-15)18(30)28-25-12-17-19(31)27-22(34)29(20(17)32)16-10-6-14(24)7-11-16/h4-12,17H,1-3H3,(H,26,33)(H,28,30)(H,27,31,34)/b25-12-/t17-/m1/s1. The number of barbiturate groups is 1. The fraction of sp³-hybridized carbons (Fsp3) is 0.217. The van der Waals surface area contributed by atoms with Gasteiger partial charge in [0.15, 0.2) is 5.92 Å². The molecule has 34 heavy (non-hydrogen) atoms. The molecule has 1 fully saturated rings. The largest absolute Gasteiger partial charge is 0.335 e. The molecular formula is C23H22BrN5O5. The van der Waals surface area contributed by atoms with E-state index in [4.69, 9.17) is 0 Å². The number of nitrogens with one attached hydrogen (secondary N) is 3. The number of anilines is 2. The lowest BCUT2D eigenvalue weighted by molar-refractivity contribution is -0.131. The van der Waals surface area contributed by atoms with Crippen molar-refractivity contribution in [3.8, 4) is 0 Å². The van der Waals surface area contributed by atoms with Gasteiger partial charge in [-0.3, -0.25) is 24.5 Å². The van der Waals surface area contributed by atoms with Crippen LogP contribution in [0.5, 0.6) is 0 Å². The molecule has 3 N–H and O–H groups in total. The molecule has 0 saturated carbocycles. The second-order valence-corrected chi connectivity index (χ2v) is 9.34. The summed E-state index contributed by atoms with van der Waals surface area (Å²) in [5.74, 6) is -3.81. The summed E-state index contributed by atoms with van der Waals surface area (Å²) in [6, 6.07) is 11.6. The molecule has 0 aliphatic carbocycles. The van der Waals surface area contributed by atoms with Gasteiger partial charge in [0.1, 0.15) is 0 Å². The molecule has 1 saturated heterocycles. The maximum absolute atomic E-state index is 12.8.